The summed E-state index contributed by atoms with van der Waals surface area (Å²) in [6, 6.07) is 0. The van der Waals surface area contributed by atoms with E-state index in [1.165, 1.54) is 64.2 Å². The Morgan fingerprint density at radius 1 is 0.789 bits per heavy atom. The Morgan fingerprint density at radius 3 is 1.63 bits per heavy atom. The normalized spacial score (nSPS) is 10.6. The van der Waals surface area contributed by atoms with Gasteiger partial charge in [0, 0.05) is 11.6 Å². The summed E-state index contributed by atoms with van der Waals surface area (Å²) >= 11 is 4.94. The SMILES string of the molecule is CCCCCCCCCCCCCCOOC(=O)Cl. The predicted molar refractivity (Wildman–Crippen MR) is 79.4 cm³/mol. The second-order valence-electron chi connectivity index (χ2n) is 5.03. The number of hydrogen-bond acceptors (Lipinski definition) is 3. The molecule has 0 atom stereocenters. The molecule has 3 nitrogen and oxygen atoms in total. The highest BCUT2D eigenvalue weighted by atomic mass is 35.5. The zero-order valence-electron chi connectivity index (χ0n) is 12.3. The highest BCUT2D eigenvalue weighted by Gasteiger charge is 1.96. The molecule has 0 aliphatic carbocycles. The van der Waals surface area contributed by atoms with Gasteiger partial charge in [-0.25, -0.2) is 4.79 Å². The monoisotopic (exact) mass is 292 g/mol. The molecule has 0 N–H and O–H groups in total. The van der Waals surface area contributed by atoms with Crippen LogP contribution in [-0.2, 0) is 9.78 Å². The number of unbranched alkanes of at least 4 members (excludes halogenated alkanes) is 11. The van der Waals surface area contributed by atoms with Crippen LogP contribution in [0.2, 0.25) is 0 Å². The van der Waals surface area contributed by atoms with Crippen LogP contribution in [0.25, 0.3) is 0 Å². The molecule has 0 rings (SSSR count). The summed E-state index contributed by atoms with van der Waals surface area (Å²) in [6.07, 6.45) is 15.6. The molecular formula is C15H29ClO3. The zero-order valence-corrected chi connectivity index (χ0v) is 13.1. The second-order valence-corrected chi connectivity index (χ2v) is 5.34. The Labute approximate surface area is 122 Å². The lowest BCUT2D eigenvalue weighted by atomic mass is 10.1. The van der Waals surface area contributed by atoms with Gasteiger partial charge in [-0.1, -0.05) is 77.6 Å². The van der Waals surface area contributed by atoms with Crippen LogP contribution in [0.4, 0.5) is 4.79 Å². The molecule has 19 heavy (non-hydrogen) atoms. The summed E-state index contributed by atoms with van der Waals surface area (Å²) in [7, 11) is 0. The van der Waals surface area contributed by atoms with Gasteiger partial charge < -0.3 is 0 Å². The van der Waals surface area contributed by atoms with Gasteiger partial charge in [0.15, 0.2) is 0 Å². The van der Waals surface area contributed by atoms with Crippen molar-refractivity contribution in [1.29, 1.82) is 0 Å². The standard InChI is InChI=1S/C15H29ClO3/c1-2-3-4-5-6-7-8-9-10-11-12-13-14-18-19-15(16)17/h2-14H2,1H3. The number of rotatable bonds is 14. The third-order valence-corrected chi connectivity index (χ3v) is 3.27. The van der Waals surface area contributed by atoms with Crippen LogP contribution in [-0.4, -0.2) is 12.0 Å². The van der Waals surface area contributed by atoms with Crippen LogP contribution in [0.1, 0.15) is 84.0 Å². The summed E-state index contributed by atoms with van der Waals surface area (Å²) < 4.78 is 0. The fraction of sp³-hybridized carbons (Fsp3) is 0.933. The fourth-order valence-corrected chi connectivity index (χ4v) is 2.13. The molecule has 0 radical (unpaired) electrons. The van der Waals surface area contributed by atoms with Crippen molar-refractivity contribution >= 4 is 17.0 Å². The summed E-state index contributed by atoms with van der Waals surface area (Å²) in [4.78, 5) is 19.0. The maximum absolute atomic E-state index is 10.2. The number of hydrogen-bond donors (Lipinski definition) is 0. The first kappa shape index (κ1) is 18.7. The molecular weight excluding hydrogens is 264 g/mol. The molecule has 4 heteroatoms. The molecule has 0 heterocycles. The minimum absolute atomic E-state index is 0.440. The molecule has 0 aliphatic heterocycles. The molecule has 114 valence electrons. The minimum Gasteiger partial charge on any atom is -0.280 e. The molecule has 0 fully saturated rings. The van der Waals surface area contributed by atoms with Gasteiger partial charge in [0.05, 0.1) is 6.61 Å². The lowest BCUT2D eigenvalue weighted by Crippen LogP contribution is -1.98. The molecule has 0 spiro atoms. The van der Waals surface area contributed by atoms with Gasteiger partial charge in [-0.05, 0) is 6.42 Å². The highest BCUT2D eigenvalue weighted by Crippen LogP contribution is 2.11. The van der Waals surface area contributed by atoms with Crippen molar-refractivity contribution < 1.29 is 14.6 Å². The van der Waals surface area contributed by atoms with E-state index in [0.717, 1.165) is 12.8 Å². The van der Waals surface area contributed by atoms with E-state index in [0.29, 0.717) is 6.61 Å². The van der Waals surface area contributed by atoms with Crippen LogP contribution in [0.3, 0.4) is 0 Å². The fourth-order valence-electron chi connectivity index (χ4n) is 2.09. The maximum Gasteiger partial charge on any atom is 0.435 e. The molecule has 0 bridgehead atoms. The second kappa shape index (κ2) is 15.8. The van der Waals surface area contributed by atoms with E-state index in [-0.39, 0.29) is 0 Å². The third-order valence-electron chi connectivity index (χ3n) is 3.21. The van der Waals surface area contributed by atoms with Gasteiger partial charge in [-0.3, -0.25) is 4.89 Å². The third kappa shape index (κ3) is 17.7. The zero-order chi connectivity index (χ0) is 14.2. The molecule has 0 saturated carbocycles. The Kier molecular flexibility index (Phi) is 15.5. The lowest BCUT2D eigenvalue weighted by molar-refractivity contribution is -0.231. The van der Waals surface area contributed by atoms with E-state index in [1.54, 1.807) is 0 Å². The number of carbonyl (C=O) groups is 1. The summed E-state index contributed by atoms with van der Waals surface area (Å²) in [6.45, 7) is 2.70. The summed E-state index contributed by atoms with van der Waals surface area (Å²) in [5.74, 6) is 0. The number of halogens is 1. The van der Waals surface area contributed by atoms with Crippen molar-refractivity contribution in [2.24, 2.45) is 0 Å². The van der Waals surface area contributed by atoms with Gasteiger partial charge in [-0.15, -0.1) is 0 Å². The van der Waals surface area contributed by atoms with Gasteiger partial charge in [0.25, 0.3) is 0 Å². The average molecular weight is 293 g/mol. The maximum atomic E-state index is 10.2. The predicted octanol–water partition coefficient (Wildman–Crippen LogP) is 5.99. The first-order valence-corrected chi connectivity index (χ1v) is 8.14. The Morgan fingerprint density at radius 2 is 1.21 bits per heavy atom. The van der Waals surface area contributed by atoms with Crippen LogP contribution in [0, 0.1) is 0 Å². The van der Waals surface area contributed by atoms with Crippen molar-refractivity contribution in [2.75, 3.05) is 6.61 Å². The van der Waals surface area contributed by atoms with Crippen LogP contribution >= 0.6 is 11.6 Å². The van der Waals surface area contributed by atoms with Crippen LogP contribution in [0.5, 0.6) is 0 Å². The molecule has 0 aromatic carbocycles. The molecule has 0 unspecified atom stereocenters. The highest BCUT2D eigenvalue weighted by molar-refractivity contribution is 6.61. The molecule has 0 aromatic heterocycles. The van der Waals surface area contributed by atoms with Crippen molar-refractivity contribution in [3.05, 3.63) is 0 Å². The van der Waals surface area contributed by atoms with Gasteiger partial charge in [0.2, 0.25) is 0 Å². The van der Waals surface area contributed by atoms with Crippen molar-refractivity contribution in [3.8, 4) is 0 Å². The Hall–Kier alpha value is -0.280. The van der Waals surface area contributed by atoms with Crippen LogP contribution in [0.15, 0.2) is 0 Å². The summed E-state index contributed by atoms with van der Waals surface area (Å²) in [5.41, 5.74) is -0.904. The first-order valence-electron chi connectivity index (χ1n) is 7.76. The van der Waals surface area contributed by atoms with E-state index in [1.807, 2.05) is 0 Å². The lowest BCUT2D eigenvalue weighted by Gasteiger charge is -2.03. The number of carbonyl (C=O) groups excluding carboxylic acids is 1. The van der Waals surface area contributed by atoms with Gasteiger partial charge in [0.1, 0.15) is 0 Å². The van der Waals surface area contributed by atoms with E-state index < -0.39 is 5.43 Å². The van der Waals surface area contributed by atoms with Crippen molar-refractivity contribution in [2.45, 2.75) is 84.0 Å². The quantitative estimate of drug-likeness (QED) is 0.171. The van der Waals surface area contributed by atoms with E-state index >= 15 is 0 Å². The van der Waals surface area contributed by atoms with E-state index in [4.69, 9.17) is 11.6 Å². The minimum atomic E-state index is -0.904. The molecule has 0 amide bonds. The van der Waals surface area contributed by atoms with E-state index in [9.17, 15) is 4.79 Å². The van der Waals surface area contributed by atoms with Crippen LogP contribution < -0.4 is 0 Å². The molecule has 0 saturated heterocycles. The Bertz CT molecular complexity index is 198. The summed E-state index contributed by atoms with van der Waals surface area (Å²) in [5, 5.41) is 0. The largest absolute Gasteiger partial charge is 0.435 e. The van der Waals surface area contributed by atoms with Crippen molar-refractivity contribution in [1.82, 2.24) is 0 Å². The van der Waals surface area contributed by atoms with E-state index in [2.05, 4.69) is 16.7 Å². The molecule has 0 aromatic rings. The van der Waals surface area contributed by atoms with Crippen molar-refractivity contribution in [3.63, 3.8) is 0 Å². The van der Waals surface area contributed by atoms with Gasteiger partial charge in [-0.2, -0.15) is 4.89 Å². The van der Waals surface area contributed by atoms with Gasteiger partial charge >= 0.3 is 5.43 Å². The Balaban J connectivity index is 2.93. The average Bonchev–Trinajstić information content (AvgIpc) is 2.39. The smallest absolute Gasteiger partial charge is 0.280 e. The molecule has 0 aliphatic rings. The first-order chi connectivity index (χ1) is 9.27. The topological polar surface area (TPSA) is 35.5 Å².